The summed E-state index contributed by atoms with van der Waals surface area (Å²) in [6.07, 6.45) is -0.483. The third kappa shape index (κ3) is 3.60. The van der Waals surface area contributed by atoms with E-state index in [1.807, 2.05) is 30.3 Å². The highest BCUT2D eigenvalue weighted by atomic mass is 16.6. The molecule has 1 atom stereocenters. The fraction of sp³-hybridized carbons (Fsp3) is 0.333. The van der Waals surface area contributed by atoms with Gasteiger partial charge in [0.2, 0.25) is 5.75 Å². The van der Waals surface area contributed by atoms with E-state index in [0.717, 1.165) is 5.56 Å². The Hall–Kier alpha value is -3.22. The van der Waals surface area contributed by atoms with E-state index in [0.29, 0.717) is 5.76 Å². The molecule has 0 aliphatic carbocycles. The molecule has 7 heteroatoms. The van der Waals surface area contributed by atoms with Gasteiger partial charge in [0.15, 0.2) is 23.2 Å². The predicted octanol–water partition coefficient (Wildman–Crippen LogP) is 3.56. The Morgan fingerprint density at radius 2 is 1.61 bits per heavy atom. The van der Waals surface area contributed by atoms with Crippen LogP contribution in [0.3, 0.4) is 0 Å². The van der Waals surface area contributed by atoms with Crippen LogP contribution in [0.5, 0.6) is 11.5 Å². The molecule has 0 radical (unpaired) electrons. The van der Waals surface area contributed by atoms with Crippen molar-refractivity contribution in [2.45, 2.75) is 33.4 Å². The molecular weight excluding hydrogens is 362 g/mol. The fourth-order valence-electron chi connectivity index (χ4n) is 2.96. The summed E-state index contributed by atoms with van der Waals surface area (Å²) in [5, 5.41) is 0. The monoisotopic (exact) mass is 385 g/mol. The van der Waals surface area contributed by atoms with Gasteiger partial charge in [-0.05, 0) is 26.3 Å². The van der Waals surface area contributed by atoms with Crippen molar-refractivity contribution in [2.24, 2.45) is 0 Å². The van der Waals surface area contributed by atoms with Crippen molar-refractivity contribution >= 4 is 11.9 Å². The molecule has 0 saturated carbocycles. The van der Waals surface area contributed by atoms with Gasteiger partial charge in [0.05, 0.1) is 13.2 Å². The molecule has 2 aromatic rings. The summed E-state index contributed by atoms with van der Waals surface area (Å²) in [4.78, 5) is 25.5. The second-order valence-electron chi connectivity index (χ2n) is 6.20. The lowest BCUT2D eigenvalue weighted by Gasteiger charge is -2.23. The van der Waals surface area contributed by atoms with Gasteiger partial charge in [0, 0.05) is 6.54 Å². The molecule has 0 amide bonds. The molecule has 28 heavy (non-hydrogen) atoms. The SMILES string of the molecule is C=C1Oc2c(c(C(=O)OCC)n(Cc3ccccc3)c2C(=O)OCC)OC1C. The van der Waals surface area contributed by atoms with Gasteiger partial charge in [0.25, 0.3) is 0 Å². The third-order valence-electron chi connectivity index (χ3n) is 4.28. The molecule has 0 spiro atoms. The van der Waals surface area contributed by atoms with E-state index in [2.05, 4.69) is 6.58 Å². The summed E-state index contributed by atoms with van der Waals surface area (Å²) >= 11 is 0. The summed E-state index contributed by atoms with van der Waals surface area (Å²) in [5.74, 6) is -0.590. The first-order valence-corrected chi connectivity index (χ1v) is 9.15. The van der Waals surface area contributed by atoms with Gasteiger partial charge >= 0.3 is 11.9 Å². The minimum atomic E-state index is -0.615. The highest BCUT2D eigenvalue weighted by Crippen LogP contribution is 2.44. The first kappa shape index (κ1) is 19.5. The number of carbonyl (C=O) groups excluding carboxylic acids is 2. The lowest BCUT2D eigenvalue weighted by molar-refractivity contribution is 0.0502. The van der Waals surface area contributed by atoms with Crippen LogP contribution in [0.2, 0.25) is 0 Å². The number of benzene rings is 1. The Labute approximate surface area is 163 Å². The smallest absolute Gasteiger partial charge is 0.359 e. The number of nitrogens with zero attached hydrogens (tertiary/aromatic N) is 1. The van der Waals surface area contributed by atoms with Crippen LogP contribution in [0.15, 0.2) is 42.7 Å². The van der Waals surface area contributed by atoms with E-state index in [4.69, 9.17) is 18.9 Å². The van der Waals surface area contributed by atoms with E-state index in [9.17, 15) is 9.59 Å². The normalized spacial score (nSPS) is 15.2. The first-order chi connectivity index (χ1) is 13.5. The maximum atomic E-state index is 12.8. The van der Waals surface area contributed by atoms with E-state index < -0.39 is 18.0 Å². The molecule has 1 aliphatic rings. The Kier molecular flexibility index (Phi) is 5.73. The van der Waals surface area contributed by atoms with Crippen LogP contribution >= 0.6 is 0 Å². The quantitative estimate of drug-likeness (QED) is 0.708. The Balaban J connectivity index is 2.23. The van der Waals surface area contributed by atoms with Crippen molar-refractivity contribution < 1.29 is 28.5 Å². The topological polar surface area (TPSA) is 76.0 Å². The van der Waals surface area contributed by atoms with Gasteiger partial charge < -0.3 is 23.5 Å². The predicted molar refractivity (Wildman–Crippen MR) is 102 cm³/mol. The number of fused-ring (bicyclic) bond motifs is 1. The second-order valence-corrected chi connectivity index (χ2v) is 6.20. The van der Waals surface area contributed by atoms with Crippen molar-refractivity contribution in [3.05, 3.63) is 59.6 Å². The van der Waals surface area contributed by atoms with Crippen molar-refractivity contribution in [1.82, 2.24) is 4.57 Å². The second kappa shape index (κ2) is 8.21. The zero-order chi connectivity index (χ0) is 20.3. The standard InChI is InChI=1S/C21H23NO6/c1-5-25-20(23)16-18-19(28-14(4)13(3)27-18)17(21(24)26-6-2)22(16)12-15-10-8-7-9-11-15/h7-11,14H,3,5-6,12H2,1-2,4H3. The lowest BCUT2D eigenvalue weighted by Crippen LogP contribution is -2.24. The van der Waals surface area contributed by atoms with Crippen LogP contribution in [0.4, 0.5) is 0 Å². The van der Waals surface area contributed by atoms with Crippen molar-refractivity contribution in [3.8, 4) is 11.5 Å². The highest BCUT2D eigenvalue weighted by Gasteiger charge is 2.39. The van der Waals surface area contributed by atoms with Crippen LogP contribution in [-0.4, -0.2) is 35.8 Å². The van der Waals surface area contributed by atoms with Crippen molar-refractivity contribution in [3.63, 3.8) is 0 Å². The first-order valence-electron chi connectivity index (χ1n) is 9.15. The molecule has 1 unspecified atom stereocenters. The van der Waals surface area contributed by atoms with Gasteiger partial charge in [-0.25, -0.2) is 9.59 Å². The number of carbonyl (C=O) groups is 2. The van der Waals surface area contributed by atoms with Crippen molar-refractivity contribution in [2.75, 3.05) is 13.2 Å². The molecule has 0 N–H and O–H groups in total. The molecule has 3 rings (SSSR count). The number of rotatable bonds is 6. The molecule has 0 saturated heterocycles. The molecule has 0 fully saturated rings. The van der Waals surface area contributed by atoms with Gasteiger partial charge in [-0.15, -0.1) is 0 Å². The Morgan fingerprint density at radius 3 is 2.18 bits per heavy atom. The van der Waals surface area contributed by atoms with Crippen LogP contribution in [0.25, 0.3) is 0 Å². The molecule has 0 bridgehead atoms. The van der Waals surface area contributed by atoms with Gasteiger partial charge in [-0.3, -0.25) is 0 Å². The average molecular weight is 385 g/mol. The molecule has 7 nitrogen and oxygen atoms in total. The largest absolute Gasteiger partial charge is 0.476 e. The highest BCUT2D eigenvalue weighted by molar-refractivity contribution is 6.00. The minimum absolute atomic E-state index is 0.0943. The average Bonchev–Trinajstić information content (AvgIpc) is 2.96. The van der Waals surface area contributed by atoms with E-state index in [-0.39, 0.29) is 42.6 Å². The Bertz CT molecular complexity index is 899. The molecule has 2 heterocycles. The molecule has 1 aliphatic heterocycles. The number of aromatic nitrogens is 1. The molecule has 148 valence electrons. The van der Waals surface area contributed by atoms with Crippen molar-refractivity contribution in [1.29, 1.82) is 0 Å². The third-order valence-corrected chi connectivity index (χ3v) is 4.28. The summed E-state index contributed by atoms with van der Waals surface area (Å²) < 4.78 is 23.6. The zero-order valence-electron chi connectivity index (χ0n) is 16.2. The molecular formula is C21H23NO6. The van der Waals surface area contributed by atoms with Crippen LogP contribution < -0.4 is 9.47 Å². The van der Waals surface area contributed by atoms with Crippen LogP contribution in [-0.2, 0) is 16.0 Å². The summed E-state index contributed by atoms with van der Waals surface area (Å²) in [5.41, 5.74) is 1.10. The van der Waals surface area contributed by atoms with E-state index in [1.54, 1.807) is 20.8 Å². The molecule has 1 aromatic carbocycles. The maximum absolute atomic E-state index is 12.8. The van der Waals surface area contributed by atoms with Gasteiger partial charge in [-0.2, -0.15) is 0 Å². The molecule has 1 aromatic heterocycles. The summed E-state index contributed by atoms with van der Waals surface area (Å²) in [6, 6.07) is 9.44. The number of ether oxygens (including phenoxy) is 4. The minimum Gasteiger partial charge on any atom is -0.476 e. The Morgan fingerprint density at radius 1 is 1.04 bits per heavy atom. The van der Waals surface area contributed by atoms with E-state index in [1.165, 1.54) is 4.57 Å². The fourth-order valence-corrected chi connectivity index (χ4v) is 2.96. The van der Waals surface area contributed by atoms with Gasteiger partial charge in [-0.1, -0.05) is 36.9 Å². The van der Waals surface area contributed by atoms with Crippen LogP contribution in [0.1, 0.15) is 47.3 Å². The number of hydrogen-bond donors (Lipinski definition) is 0. The number of hydrogen-bond acceptors (Lipinski definition) is 6. The van der Waals surface area contributed by atoms with Crippen LogP contribution in [0, 0.1) is 0 Å². The zero-order valence-corrected chi connectivity index (χ0v) is 16.2. The van der Waals surface area contributed by atoms with E-state index >= 15 is 0 Å². The number of esters is 2. The lowest BCUT2D eigenvalue weighted by atomic mass is 10.2. The summed E-state index contributed by atoms with van der Waals surface area (Å²) in [7, 11) is 0. The maximum Gasteiger partial charge on any atom is 0.359 e. The van der Waals surface area contributed by atoms with Gasteiger partial charge in [0.1, 0.15) is 5.76 Å². The summed E-state index contributed by atoms with van der Waals surface area (Å²) in [6.45, 7) is 9.59.